The normalized spacial score (nSPS) is 11.3. The molecule has 0 radical (unpaired) electrons. The van der Waals surface area contributed by atoms with E-state index in [-0.39, 0.29) is 12.3 Å². The van der Waals surface area contributed by atoms with Gasteiger partial charge in [-0.25, -0.2) is 4.98 Å². The molecule has 6 nitrogen and oxygen atoms in total. The summed E-state index contributed by atoms with van der Waals surface area (Å²) in [7, 11) is 1.61. The smallest absolute Gasteiger partial charge is 0.182 e. The van der Waals surface area contributed by atoms with Gasteiger partial charge < -0.3 is 18.1 Å². The van der Waals surface area contributed by atoms with E-state index in [1.54, 1.807) is 31.4 Å². The van der Waals surface area contributed by atoms with Crippen molar-refractivity contribution in [2.45, 2.75) is 13.0 Å². The highest BCUT2D eigenvalue weighted by Crippen LogP contribution is 2.33. The largest absolute Gasteiger partial charge is 0.497 e. The first-order valence-electron chi connectivity index (χ1n) is 13.5. The molecule has 0 bridgehead atoms. The summed E-state index contributed by atoms with van der Waals surface area (Å²) < 4.78 is 19.8. The van der Waals surface area contributed by atoms with E-state index in [9.17, 15) is 4.79 Å². The van der Waals surface area contributed by atoms with E-state index in [1.165, 1.54) is 0 Å². The highest BCUT2D eigenvalue weighted by atomic mass is 16.5. The van der Waals surface area contributed by atoms with Gasteiger partial charge in [0.2, 0.25) is 0 Å². The van der Waals surface area contributed by atoms with E-state index < -0.39 is 0 Å². The predicted molar refractivity (Wildman–Crippen MR) is 160 cm³/mol. The first kappa shape index (κ1) is 24.7. The number of furan rings is 2. The third-order valence-corrected chi connectivity index (χ3v) is 7.32. The summed E-state index contributed by atoms with van der Waals surface area (Å²) >= 11 is 0. The fourth-order valence-electron chi connectivity index (χ4n) is 5.21. The van der Waals surface area contributed by atoms with Crippen LogP contribution < -0.4 is 4.74 Å². The fraction of sp³-hybridized carbons (Fsp3) is 0.0857. The zero-order valence-electron chi connectivity index (χ0n) is 22.4. The molecule has 200 valence electrons. The van der Waals surface area contributed by atoms with Crippen molar-refractivity contribution in [2.24, 2.45) is 0 Å². The number of para-hydroxylation sites is 4. The zero-order chi connectivity index (χ0) is 27.8. The number of ether oxygens (including phenoxy) is 1. The fourth-order valence-corrected chi connectivity index (χ4v) is 5.21. The lowest BCUT2D eigenvalue weighted by molar-refractivity contribution is 0.0972. The number of carbonyl (C=O) groups excluding carboxylic acids is 1. The molecule has 6 heteroatoms. The van der Waals surface area contributed by atoms with Gasteiger partial charge >= 0.3 is 0 Å². The first-order valence-corrected chi connectivity index (χ1v) is 13.5. The van der Waals surface area contributed by atoms with E-state index in [0.29, 0.717) is 29.3 Å². The van der Waals surface area contributed by atoms with Gasteiger partial charge in [0.15, 0.2) is 5.78 Å². The van der Waals surface area contributed by atoms with E-state index in [4.69, 9.17) is 18.6 Å². The molecule has 0 aliphatic rings. The molecule has 0 atom stereocenters. The second kappa shape index (κ2) is 10.3. The summed E-state index contributed by atoms with van der Waals surface area (Å²) in [5, 5.41) is 2.03. The minimum atomic E-state index is -0.00386. The van der Waals surface area contributed by atoms with E-state index in [2.05, 4.69) is 6.08 Å². The van der Waals surface area contributed by atoms with Crippen LogP contribution in [0.2, 0.25) is 0 Å². The van der Waals surface area contributed by atoms with Crippen LogP contribution in [0, 0.1) is 0 Å². The molecule has 3 aromatic heterocycles. The summed E-state index contributed by atoms with van der Waals surface area (Å²) in [6, 6.07) is 35.0. The molecule has 0 spiro atoms. The molecule has 0 unspecified atom stereocenters. The predicted octanol–water partition coefficient (Wildman–Crippen LogP) is 8.09. The molecule has 0 fully saturated rings. The molecule has 7 rings (SSSR count). The number of benzene rings is 4. The van der Waals surface area contributed by atoms with E-state index >= 15 is 0 Å². The van der Waals surface area contributed by atoms with Crippen LogP contribution in [0.25, 0.3) is 38.5 Å². The Labute approximate surface area is 236 Å². The monoisotopic (exact) mass is 538 g/mol. The SMILES string of the molecule is COc1ccc(C(=O)Cn2c(CC=C(c3cc4ccccc4o3)c3cc4ccccc4o3)nc3ccccc32)cc1. The Morgan fingerprint density at radius 1 is 0.805 bits per heavy atom. The minimum Gasteiger partial charge on any atom is -0.497 e. The van der Waals surface area contributed by atoms with E-state index in [1.807, 2.05) is 89.5 Å². The van der Waals surface area contributed by atoms with Crippen LogP contribution in [-0.4, -0.2) is 22.4 Å². The number of allylic oxidation sites excluding steroid dienone is 1. The Balaban J connectivity index is 1.30. The number of nitrogens with zero attached hydrogens (tertiary/aromatic N) is 2. The number of hydrogen-bond acceptors (Lipinski definition) is 5. The van der Waals surface area contributed by atoms with E-state index in [0.717, 1.165) is 44.4 Å². The highest BCUT2D eigenvalue weighted by molar-refractivity contribution is 5.97. The number of aromatic nitrogens is 2. The maximum absolute atomic E-state index is 13.4. The quantitative estimate of drug-likeness (QED) is 0.183. The standard InChI is InChI=1S/C35H26N2O4/c1-39-26-16-14-23(15-17-26)30(38)22-37-29-11-5-4-10-28(29)36-35(37)19-18-27(33-20-24-8-2-6-12-31(24)40-33)34-21-25-9-3-7-13-32(25)41-34/h2-18,20-21H,19,22H2,1H3. The van der Waals surface area contributed by atoms with Crippen molar-refractivity contribution in [3.8, 4) is 5.75 Å². The molecule has 41 heavy (non-hydrogen) atoms. The van der Waals surface area contributed by atoms with Gasteiger partial charge in [-0.3, -0.25) is 4.79 Å². The minimum absolute atomic E-state index is 0.00386. The second-order valence-corrected chi connectivity index (χ2v) is 9.87. The molecule has 0 N–H and O–H groups in total. The Hall–Kier alpha value is -5.36. The van der Waals surface area contributed by atoms with Gasteiger partial charge in [0.05, 0.1) is 30.3 Å². The number of rotatable bonds is 8. The number of fused-ring (bicyclic) bond motifs is 3. The van der Waals surface area contributed by atoms with Crippen LogP contribution in [0.4, 0.5) is 0 Å². The maximum Gasteiger partial charge on any atom is 0.182 e. The van der Waals surface area contributed by atoms with Crippen molar-refractivity contribution >= 4 is 44.3 Å². The summed E-state index contributed by atoms with van der Waals surface area (Å²) in [5.74, 6) is 2.90. The third kappa shape index (κ3) is 4.70. The van der Waals surface area contributed by atoms with Gasteiger partial charge in [0, 0.05) is 22.8 Å². The highest BCUT2D eigenvalue weighted by Gasteiger charge is 2.18. The Kier molecular flexibility index (Phi) is 6.21. The van der Waals surface area contributed by atoms with Gasteiger partial charge in [-0.1, -0.05) is 54.6 Å². The topological polar surface area (TPSA) is 70.4 Å². The molecule has 0 saturated carbocycles. The van der Waals surface area contributed by atoms with Crippen molar-refractivity contribution in [3.05, 3.63) is 138 Å². The van der Waals surface area contributed by atoms with Crippen molar-refractivity contribution < 1.29 is 18.4 Å². The van der Waals surface area contributed by atoms with Gasteiger partial charge in [0.1, 0.15) is 34.3 Å². The molecule has 0 amide bonds. The lowest BCUT2D eigenvalue weighted by Crippen LogP contribution is -2.13. The van der Waals surface area contributed by atoms with Gasteiger partial charge in [-0.05, 0) is 60.7 Å². The molecule has 0 aliphatic heterocycles. The van der Waals surface area contributed by atoms with Gasteiger partial charge in [-0.2, -0.15) is 0 Å². The molecular formula is C35H26N2O4. The zero-order valence-corrected chi connectivity index (χ0v) is 22.4. The van der Waals surface area contributed by atoms with Crippen molar-refractivity contribution in [2.75, 3.05) is 7.11 Å². The summed E-state index contributed by atoms with van der Waals surface area (Å²) in [4.78, 5) is 18.3. The molecule has 7 aromatic rings. The summed E-state index contributed by atoms with van der Waals surface area (Å²) in [5.41, 5.74) is 4.82. The third-order valence-electron chi connectivity index (χ3n) is 7.32. The molecule has 0 aliphatic carbocycles. The van der Waals surface area contributed by atoms with Gasteiger partial charge in [0.25, 0.3) is 0 Å². The van der Waals surface area contributed by atoms with Crippen LogP contribution in [0.3, 0.4) is 0 Å². The summed E-state index contributed by atoms with van der Waals surface area (Å²) in [6.45, 7) is 0.167. The lowest BCUT2D eigenvalue weighted by Gasteiger charge is -2.09. The number of hydrogen-bond donors (Lipinski definition) is 0. The average Bonchev–Trinajstić information content (AvgIpc) is 3.73. The molecule has 0 saturated heterocycles. The number of imidazole rings is 1. The number of carbonyl (C=O) groups is 1. The van der Waals surface area contributed by atoms with Gasteiger partial charge in [-0.15, -0.1) is 0 Å². The average molecular weight is 539 g/mol. The number of Topliss-reactive ketones (excluding diaryl/α,β-unsaturated/α-hetero) is 1. The Morgan fingerprint density at radius 2 is 1.41 bits per heavy atom. The lowest BCUT2D eigenvalue weighted by atomic mass is 10.1. The molecular weight excluding hydrogens is 512 g/mol. The second-order valence-electron chi connectivity index (χ2n) is 9.87. The molecule has 3 heterocycles. The van der Waals surface area contributed by atoms with Crippen LogP contribution in [0.15, 0.2) is 124 Å². The van der Waals surface area contributed by atoms with Crippen LogP contribution >= 0.6 is 0 Å². The van der Waals surface area contributed by atoms with Crippen molar-refractivity contribution in [3.63, 3.8) is 0 Å². The van der Waals surface area contributed by atoms with Crippen LogP contribution in [0.5, 0.6) is 5.75 Å². The van der Waals surface area contributed by atoms with Crippen molar-refractivity contribution in [1.29, 1.82) is 0 Å². The Morgan fingerprint density at radius 3 is 2.05 bits per heavy atom. The summed E-state index contributed by atoms with van der Waals surface area (Å²) in [6.07, 6.45) is 2.54. The van der Waals surface area contributed by atoms with Crippen LogP contribution in [0.1, 0.15) is 27.7 Å². The number of ketones is 1. The maximum atomic E-state index is 13.4. The Bertz CT molecular complexity index is 1920. The van der Waals surface area contributed by atoms with Crippen molar-refractivity contribution in [1.82, 2.24) is 9.55 Å². The number of methoxy groups -OCH3 is 1. The molecule has 4 aromatic carbocycles. The van der Waals surface area contributed by atoms with Crippen LogP contribution in [-0.2, 0) is 13.0 Å². The first-order chi connectivity index (χ1) is 20.2.